The molecule has 186 valence electrons. The Morgan fingerprint density at radius 1 is 1.09 bits per heavy atom. The highest BCUT2D eigenvalue weighted by atomic mass is 32.2. The second-order valence-electron chi connectivity index (χ2n) is 9.35. The number of aryl methyl sites for hydroxylation is 1. The first kappa shape index (κ1) is 24.0. The van der Waals surface area contributed by atoms with Gasteiger partial charge in [-0.3, -0.25) is 4.90 Å². The fourth-order valence-electron chi connectivity index (χ4n) is 5.55. The van der Waals surface area contributed by atoms with Crippen molar-refractivity contribution >= 4 is 10.0 Å². The molecule has 3 atom stereocenters. The van der Waals surface area contributed by atoms with Crippen LogP contribution in [0.15, 0.2) is 66.1 Å². The first-order valence-electron chi connectivity index (χ1n) is 12.0. The summed E-state index contributed by atoms with van der Waals surface area (Å²) in [6.07, 6.45) is 4.74. The van der Waals surface area contributed by atoms with Crippen LogP contribution >= 0.6 is 0 Å². The van der Waals surface area contributed by atoms with Crippen LogP contribution in [0, 0.1) is 0 Å². The number of benzene rings is 2. The second-order valence-corrected chi connectivity index (χ2v) is 11.2. The average molecular weight is 497 g/mol. The van der Waals surface area contributed by atoms with E-state index < -0.39 is 10.0 Å². The maximum Gasteiger partial charge on any atom is 0.262 e. The van der Waals surface area contributed by atoms with Gasteiger partial charge in [-0.05, 0) is 36.6 Å². The lowest BCUT2D eigenvalue weighted by Gasteiger charge is -2.57. The lowest BCUT2D eigenvalue weighted by molar-refractivity contribution is -0.0554. The van der Waals surface area contributed by atoms with Crippen LogP contribution in [0.1, 0.15) is 24.3 Å². The van der Waals surface area contributed by atoms with Gasteiger partial charge in [0.1, 0.15) is 5.75 Å². The molecule has 35 heavy (non-hydrogen) atoms. The molecule has 3 heterocycles. The van der Waals surface area contributed by atoms with Crippen molar-refractivity contribution in [3.05, 3.63) is 66.6 Å². The van der Waals surface area contributed by atoms with Crippen LogP contribution in [-0.4, -0.2) is 77.7 Å². The van der Waals surface area contributed by atoms with Crippen molar-refractivity contribution in [1.82, 2.24) is 18.8 Å². The van der Waals surface area contributed by atoms with E-state index in [1.807, 2.05) is 24.3 Å². The lowest BCUT2D eigenvalue weighted by Crippen LogP contribution is -2.67. The summed E-state index contributed by atoms with van der Waals surface area (Å²) < 4.78 is 35.5. The smallest absolute Gasteiger partial charge is 0.262 e. The highest BCUT2D eigenvalue weighted by Crippen LogP contribution is 2.43. The van der Waals surface area contributed by atoms with Gasteiger partial charge in [0.15, 0.2) is 5.03 Å². The molecule has 3 aromatic rings. The molecule has 2 aromatic carbocycles. The SMILES string of the molecule is COc1ccccc1-c1ccc([C@H]2[C@@H](CO)N3CCCCN(S(=O)(=O)c4cn(C)cn4)C[C@H]23)cc1. The molecule has 1 aromatic heterocycles. The van der Waals surface area contributed by atoms with Gasteiger partial charge < -0.3 is 14.4 Å². The van der Waals surface area contributed by atoms with Gasteiger partial charge in [0.05, 0.1) is 20.0 Å². The molecule has 2 fully saturated rings. The highest BCUT2D eigenvalue weighted by molar-refractivity contribution is 7.89. The number of hydrogen-bond acceptors (Lipinski definition) is 6. The zero-order chi connectivity index (χ0) is 24.6. The molecule has 0 spiro atoms. The van der Waals surface area contributed by atoms with Crippen molar-refractivity contribution in [2.75, 3.05) is 33.4 Å². The van der Waals surface area contributed by atoms with Gasteiger partial charge >= 0.3 is 0 Å². The van der Waals surface area contributed by atoms with E-state index in [4.69, 9.17) is 4.74 Å². The van der Waals surface area contributed by atoms with Crippen molar-refractivity contribution in [3.63, 3.8) is 0 Å². The number of para-hydroxylation sites is 1. The third kappa shape index (κ3) is 4.38. The number of aliphatic hydroxyl groups excluding tert-OH is 1. The van der Waals surface area contributed by atoms with Crippen molar-refractivity contribution in [2.24, 2.45) is 7.05 Å². The normalized spacial score (nSPS) is 23.7. The Balaban J connectivity index is 1.43. The van der Waals surface area contributed by atoms with E-state index in [0.29, 0.717) is 13.1 Å². The van der Waals surface area contributed by atoms with Crippen LogP contribution in [0.2, 0.25) is 0 Å². The maximum absolute atomic E-state index is 13.4. The summed E-state index contributed by atoms with van der Waals surface area (Å²) in [5.41, 5.74) is 3.19. The largest absolute Gasteiger partial charge is 0.496 e. The van der Waals surface area contributed by atoms with Crippen LogP contribution in [0.5, 0.6) is 5.75 Å². The Kier molecular flexibility index (Phi) is 6.67. The Bertz CT molecular complexity index is 1270. The first-order chi connectivity index (χ1) is 16.9. The summed E-state index contributed by atoms with van der Waals surface area (Å²) in [5, 5.41) is 10.3. The summed E-state index contributed by atoms with van der Waals surface area (Å²) in [4.78, 5) is 6.39. The second kappa shape index (κ2) is 9.73. The number of sulfonamides is 1. The van der Waals surface area contributed by atoms with Gasteiger partial charge in [0, 0.05) is 49.9 Å². The Hall–Kier alpha value is -2.72. The Morgan fingerprint density at radius 3 is 2.51 bits per heavy atom. The molecule has 0 saturated carbocycles. The molecule has 2 aliphatic rings. The molecule has 2 saturated heterocycles. The molecule has 8 nitrogen and oxygen atoms in total. The summed E-state index contributed by atoms with van der Waals surface area (Å²) >= 11 is 0. The van der Waals surface area contributed by atoms with E-state index in [1.54, 1.807) is 29.2 Å². The number of rotatable bonds is 6. The summed E-state index contributed by atoms with van der Waals surface area (Å²) in [6, 6.07) is 16.3. The fourth-order valence-corrected chi connectivity index (χ4v) is 7.01. The number of aliphatic hydroxyl groups is 1. The zero-order valence-electron chi connectivity index (χ0n) is 20.1. The summed E-state index contributed by atoms with van der Waals surface area (Å²) in [7, 11) is -0.250. The summed E-state index contributed by atoms with van der Waals surface area (Å²) in [5.74, 6) is 0.866. The fraction of sp³-hybridized carbons (Fsp3) is 0.423. The van der Waals surface area contributed by atoms with Crippen LogP contribution in [0.4, 0.5) is 0 Å². The van der Waals surface area contributed by atoms with Gasteiger partial charge in [0.2, 0.25) is 0 Å². The quantitative estimate of drug-likeness (QED) is 0.565. The molecule has 1 N–H and O–H groups in total. The zero-order valence-corrected chi connectivity index (χ0v) is 20.9. The predicted octanol–water partition coefficient (Wildman–Crippen LogP) is 2.71. The Labute approximate surface area is 206 Å². The standard InChI is InChI=1S/C26H32N4O4S/c1-28-16-25(27-18-28)35(32,33)29-13-5-6-14-30-22(15-29)26(23(30)17-31)20-11-9-19(10-12-20)21-7-3-4-8-24(21)34-2/h3-4,7-12,16,18,22-23,26,31H,5-6,13-15,17H2,1-2H3/t22-,23-,26-/m1/s1. The molecule has 0 amide bonds. The molecule has 0 bridgehead atoms. The number of imidazole rings is 1. The third-order valence-corrected chi connectivity index (χ3v) is 9.08. The molecule has 0 unspecified atom stereocenters. The van der Waals surface area contributed by atoms with Gasteiger partial charge in [0.25, 0.3) is 10.0 Å². The van der Waals surface area contributed by atoms with Crippen molar-refractivity contribution < 1.29 is 18.3 Å². The lowest BCUT2D eigenvalue weighted by atomic mass is 9.74. The van der Waals surface area contributed by atoms with Crippen molar-refractivity contribution in [2.45, 2.75) is 35.9 Å². The number of aromatic nitrogens is 2. The molecular weight excluding hydrogens is 464 g/mol. The average Bonchev–Trinajstić information content (AvgIpc) is 3.30. The van der Waals surface area contributed by atoms with E-state index in [9.17, 15) is 13.5 Å². The van der Waals surface area contributed by atoms with Gasteiger partial charge in [-0.25, -0.2) is 13.4 Å². The van der Waals surface area contributed by atoms with Gasteiger partial charge in [-0.2, -0.15) is 4.31 Å². The number of nitrogens with zero attached hydrogens (tertiary/aromatic N) is 4. The minimum atomic E-state index is -3.69. The minimum absolute atomic E-state index is 0.00282. The van der Waals surface area contributed by atoms with E-state index >= 15 is 0 Å². The van der Waals surface area contributed by atoms with Crippen LogP contribution in [-0.2, 0) is 17.1 Å². The minimum Gasteiger partial charge on any atom is -0.496 e. The van der Waals surface area contributed by atoms with Crippen LogP contribution in [0.25, 0.3) is 11.1 Å². The van der Waals surface area contributed by atoms with Gasteiger partial charge in [-0.15, -0.1) is 0 Å². The number of methoxy groups -OCH3 is 1. The number of fused-ring (bicyclic) bond motifs is 1. The molecule has 2 aliphatic heterocycles. The molecule has 0 aliphatic carbocycles. The van der Waals surface area contributed by atoms with Crippen molar-refractivity contribution in [1.29, 1.82) is 0 Å². The van der Waals surface area contributed by atoms with Crippen molar-refractivity contribution in [3.8, 4) is 16.9 Å². The van der Waals surface area contributed by atoms with Crippen LogP contribution < -0.4 is 4.74 Å². The Morgan fingerprint density at radius 2 is 1.83 bits per heavy atom. The number of ether oxygens (including phenoxy) is 1. The molecule has 0 radical (unpaired) electrons. The monoisotopic (exact) mass is 496 g/mol. The molecule has 5 rings (SSSR count). The topological polar surface area (TPSA) is 87.9 Å². The highest BCUT2D eigenvalue weighted by Gasteiger charge is 2.50. The van der Waals surface area contributed by atoms with E-state index in [0.717, 1.165) is 41.8 Å². The third-order valence-electron chi connectivity index (χ3n) is 7.33. The van der Waals surface area contributed by atoms with E-state index in [1.165, 1.54) is 6.33 Å². The van der Waals surface area contributed by atoms with E-state index in [2.05, 4.69) is 34.1 Å². The number of hydrogen-bond donors (Lipinski definition) is 1. The summed E-state index contributed by atoms with van der Waals surface area (Å²) in [6.45, 7) is 1.77. The molecular formula is C26H32N4O4S. The predicted molar refractivity (Wildman–Crippen MR) is 134 cm³/mol. The van der Waals surface area contributed by atoms with E-state index in [-0.39, 0.29) is 29.6 Å². The van der Waals surface area contributed by atoms with Gasteiger partial charge in [-0.1, -0.05) is 42.5 Å². The maximum atomic E-state index is 13.4. The van der Waals surface area contributed by atoms with Crippen LogP contribution in [0.3, 0.4) is 0 Å². The molecule has 9 heteroatoms. The first-order valence-corrected chi connectivity index (χ1v) is 13.5.